The van der Waals surface area contributed by atoms with Crippen LogP contribution in [0.4, 0.5) is 0 Å². The van der Waals surface area contributed by atoms with Gasteiger partial charge in [-0.2, -0.15) is 0 Å². The van der Waals surface area contributed by atoms with Crippen molar-refractivity contribution in [3.05, 3.63) is 114 Å². The predicted molar refractivity (Wildman–Crippen MR) is 136 cm³/mol. The molecule has 0 saturated carbocycles. The van der Waals surface area contributed by atoms with Crippen LogP contribution < -0.4 is 10.5 Å². The zero-order valence-electron chi connectivity index (χ0n) is 20.6. The molecule has 3 aromatic carbocycles. The number of aromatic nitrogens is 3. The molecule has 1 amide bonds. The molecule has 2 heterocycles. The molecule has 5 rings (SSSR count). The fourth-order valence-corrected chi connectivity index (χ4v) is 4.81. The Morgan fingerprint density at radius 2 is 1.58 bits per heavy atom. The van der Waals surface area contributed by atoms with Crippen molar-refractivity contribution in [2.75, 3.05) is 13.7 Å². The number of amides is 1. The van der Waals surface area contributed by atoms with Gasteiger partial charge in [-0.15, -0.1) is 5.10 Å². The smallest absolute Gasteiger partial charge is 0.288 e. The van der Waals surface area contributed by atoms with E-state index in [9.17, 15) is 15.0 Å². The van der Waals surface area contributed by atoms with Gasteiger partial charge in [0.1, 0.15) is 36.0 Å². The largest absolute Gasteiger partial charge is 0.496 e. The van der Waals surface area contributed by atoms with Crippen LogP contribution in [0.3, 0.4) is 0 Å². The lowest BCUT2D eigenvalue weighted by atomic mass is 9.79. The Kier molecular flexibility index (Phi) is 7.21. The van der Waals surface area contributed by atoms with Gasteiger partial charge in [-0.1, -0.05) is 78.9 Å². The van der Waals surface area contributed by atoms with Gasteiger partial charge in [0.25, 0.3) is 5.91 Å². The van der Waals surface area contributed by atoms with Gasteiger partial charge in [0.15, 0.2) is 6.23 Å². The third kappa shape index (κ3) is 4.54. The number of nitrogens with two attached hydrogens (primary N) is 1. The van der Waals surface area contributed by atoms with E-state index in [1.54, 1.807) is 7.11 Å². The lowest BCUT2D eigenvalue weighted by Gasteiger charge is -2.37. The van der Waals surface area contributed by atoms with Gasteiger partial charge in [-0.05, 0) is 17.2 Å². The van der Waals surface area contributed by atoms with E-state index in [4.69, 9.17) is 19.9 Å². The van der Waals surface area contributed by atoms with E-state index < -0.39 is 36.0 Å². The first-order valence-corrected chi connectivity index (χ1v) is 12.1. The highest BCUT2D eigenvalue weighted by molar-refractivity contribution is 5.88. The summed E-state index contributed by atoms with van der Waals surface area (Å²) in [4.78, 5) is 15.2. The molecule has 1 aromatic heterocycles. The fourth-order valence-electron chi connectivity index (χ4n) is 4.81. The molecule has 1 aliphatic rings. The first-order chi connectivity index (χ1) is 18.5. The van der Waals surface area contributed by atoms with E-state index in [2.05, 4.69) is 10.1 Å². The third-order valence-corrected chi connectivity index (χ3v) is 6.64. The van der Waals surface area contributed by atoms with Crippen molar-refractivity contribution in [2.24, 2.45) is 5.73 Å². The zero-order chi connectivity index (χ0) is 26.7. The SMILES string of the molecule is COc1ccccc1C(OC[C@H]1O[C@@H](n2cnc(C(N)=O)n2)[C@H](O)[C@@H]1O)(c1ccccc1)c1ccccc1. The Labute approximate surface area is 219 Å². The van der Waals surface area contributed by atoms with E-state index in [0.29, 0.717) is 5.75 Å². The quantitative estimate of drug-likeness (QED) is 0.287. The van der Waals surface area contributed by atoms with Crippen molar-refractivity contribution < 1.29 is 29.2 Å². The lowest BCUT2D eigenvalue weighted by Crippen LogP contribution is -2.39. The number of carbonyl (C=O) groups excluding carboxylic acids is 1. The number of primary amides is 1. The van der Waals surface area contributed by atoms with E-state index in [0.717, 1.165) is 21.4 Å². The highest BCUT2D eigenvalue weighted by Crippen LogP contribution is 2.45. The van der Waals surface area contributed by atoms with Crippen LogP contribution in [-0.4, -0.2) is 62.9 Å². The number of aliphatic hydroxyl groups is 2. The van der Waals surface area contributed by atoms with Crippen LogP contribution in [0, 0.1) is 0 Å². The van der Waals surface area contributed by atoms with E-state index >= 15 is 0 Å². The number of nitrogens with zero attached hydrogens (tertiary/aromatic N) is 3. The summed E-state index contributed by atoms with van der Waals surface area (Å²) in [6.07, 6.45) is -3.45. The average molecular weight is 517 g/mol. The highest BCUT2D eigenvalue weighted by Gasteiger charge is 2.47. The minimum Gasteiger partial charge on any atom is -0.496 e. The van der Waals surface area contributed by atoms with Crippen molar-refractivity contribution >= 4 is 5.91 Å². The van der Waals surface area contributed by atoms with Crippen LogP contribution in [0.2, 0.25) is 0 Å². The molecule has 4 aromatic rings. The molecule has 4 N–H and O–H groups in total. The van der Waals surface area contributed by atoms with Crippen molar-refractivity contribution in [1.29, 1.82) is 0 Å². The molecule has 0 spiro atoms. The molecule has 0 radical (unpaired) electrons. The maximum absolute atomic E-state index is 11.4. The average Bonchev–Trinajstić information content (AvgIpc) is 3.56. The molecule has 0 aliphatic carbocycles. The summed E-state index contributed by atoms with van der Waals surface area (Å²) in [5, 5.41) is 25.6. The molecule has 0 bridgehead atoms. The summed E-state index contributed by atoms with van der Waals surface area (Å²) in [7, 11) is 1.60. The normalized spacial score (nSPS) is 21.3. The minimum absolute atomic E-state index is 0.103. The van der Waals surface area contributed by atoms with E-state index in [1.807, 2.05) is 84.9 Å². The van der Waals surface area contributed by atoms with Crippen molar-refractivity contribution in [3.8, 4) is 5.75 Å². The molecule has 4 atom stereocenters. The summed E-state index contributed by atoms with van der Waals surface area (Å²) in [5.41, 5.74) is 6.52. The van der Waals surface area contributed by atoms with Gasteiger partial charge < -0.3 is 30.2 Å². The van der Waals surface area contributed by atoms with Gasteiger partial charge in [-0.3, -0.25) is 4.79 Å². The Balaban J connectivity index is 1.54. The van der Waals surface area contributed by atoms with Crippen LogP contribution in [0.1, 0.15) is 33.5 Å². The van der Waals surface area contributed by atoms with Crippen LogP contribution in [0.25, 0.3) is 0 Å². The van der Waals surface area contributed by atoms with Crippen LogP contribution in [-0.2, 0) is 15.1 Å². The Morgan fingerprint density at radius 3 is 2.16 bits per heavy atom. The first-order valence-electron chi connectivity index (χ1n) is 12.1. The molecular weight excluding hydrogens is 488 g/mol. The van der Waals surface area contributed by atoms with Gasteiger partial charge in [-0.25, -0.2) is 9.67 Å². The van der Waals surface area contributed by atoms with Crippen molar-refractivity contribution in [2.45, 2.75) is 30.1 Å². The van der Waals surface area contributed by atoms with Crippen LogP contribution in [0.15, 0.2) is 91.3 Å². The van der Waals surface area contributed by atoms with Gasteiger partial charge in [0.2, 0.25) is 5.82 Å². The Hall–Kier alpha value is -4.09. The second-order valence-electron chi connectivity index (χ2n) is 8.88. The number of methoxy groups -OCH3 is 1. The monoisotopic (exact) mass is 516 g/mol. The van der Waals surface area contributed by atoms with Crippen LogP contribution in [0.5, 0.6) is 5.75 Å². The molecular formula is C28H28N4O6. The zero-order valence-corrected chi connectivity index (χ0v) is 20.6. The number of rotatable bonds is 9. The molecule has 0 unspecified atom stereocenters. The summed E-state index contributed by atoms with van der Waals surface area (Å²) >= 11 is 0. The lowest BCUT2D eigenvalue weighted by molar-refractivity contribution is -0.0978. The molecule has 1 saturated heterocycles. The number of benzene rings is 3. The maximum atomic E-state index is 11.4. The van der Waals surface area contributed by atoms with Crippen molar-refractivity contribution in [1.82, 2.24) is 14.8 Å². The molecule has 10 heteroatoms. The van der Waals surface area contributed by atoms with Gasteiger partial charge in [0.05, 0.1) is 13.7 Å². The number of ether oxygens (including phenoxy) is 3. The standard InChI is InChI=1S/C28H28N4O6/c1-36-21-15-9-8-14-20(21)28(18-10-4-2-5-11-18,19-12-6-3-7-13-19)37-16-22-23(33)24(34)27(38-22)32-17-30-26(31-32)25(29)35/h2-15,17,22-24,27,33-34H,16H2,1H3,(H2,29,35)/t22-,23-,24-,27-/m1/s1. The van der Waals surface area contributed by atoms with E-state index in [-0.39, 0.29) is 12.4 Å². The number of aliphatic hydroxyl groups excluding tert-OH is 2. The fraction of sp³-hybridized carbons (Fsp3) is 0.250. The number of hydrogen-bond donors (Lipinski definition) is 3. The first kappa shape index (κ1) is 25.6. The second kappa shape index (κ2) is 10.7. The number of carbonyl (C=O) groups is 1. The molecule has 1 aliphatic heterocycles. The summed E-state index contributed by atoms with van der Waals surface area (Å²) in [6, 6.07) is 27.0. The third-order valence-electron chi connectivity index (χ3n) is 6.64. The molecule has 1 fully saturated rings. The van der Waals surface area contributed by atoms with Gasteiger partial charge in [0, 0.05) is 5.56 Å². The minimum atomic E-state index is -1.35. The maximum Gasteiger partial charge on any atom is 0.288 e. The second-order valence-corrected chi connectivity index (χ2v) is 8.88. The van der Waals surface area contributed by atoms with Crippen LogP contribution >= 0.6 is 0 Å². The topological polar surface area (TPSA) is 142 Å². The molecule has 38 heavy (non-hydrogen) atoms. The Bertz CT molecular complexity index is 1340. The predicted octanol–water partition coefficient (Wildman–Crippen LogP) is 2.01. The Morgan fingerprint density at radius 1 is 0.974 bits per heavy atom. The van der Waals surface area contributed by atoms with Crippen molar-refractivity contribution in [3.63, 3.8) is 0 Å². The van der Waals surface area contributed by atoms with Gasteiger partial charge >= 0.3 is 0 Å². The number of para-hydroxylation sites is 1. The summed E-state index contributed by atoms with van der Waals surface area (Å²) in [6.45, 7) is -0.103. The molecule has 10 nitrogen and oxygen atoms in total. The highest BCUT2D eigenvalue weighted by atomic mass is 16.6. The number of hydrogen-bond acceptors (Lipinski definition) is 8. The van der Waals surface area contributed by atoms with E-state index in [1.165, 1.54) is 6.33 Å². The summed E-state index contributed by atoms with van der Waals surface area (Å²) < 4.78 is 19.6. The molecule has 196 valence electrons. The summed E-state index contributed by atoms with van der Waals surface area (Å²) in [5.74, 6) is -0.421.